The Morgan fingerprint density at radius 3 is 2.42 bits per heavy atom. The normalized spacial score (nSPS) is 18.9. The predicted octanol–water partition coefficient (Wildman–Crippen LogP) is 6.07. The number of piperidine rings is 1. The van der Waals surface area contributed by atoms with Gasteiger partial charge in [0.1, 0.15) is 5.82 Å². The van der Waals surface area contributed by atoms with Crippen LogP contribution in [0.1, 0.15) is 53.1 Å². The highest BCUT2D eigenvalue weighted by atomic mass is 19.1. The maximum absolute atomic E-state index is 14.8. The Kier molecular flexibility index (Phi) is 7.28. The van der Waals surface area contributed by atoms with Crippen molar-refractivity contribution in [2.45, 2.75) is 45.6 Å². The molecule has 2 aliphatic rings. The molecule has 0 saturated carbocycles. The van der Waals surface area contributed by atoms with E-state index in [9.17, 15) is 9.18 Å². The van der Waals surface area contributed by atoms with Crippen molar-refractivity contribution in [2.75, 3.05) is 19.6 Å². The van der Waals surface area contributed by atoms with E-state index in [4.69, 9.17) is 5.10 Å². The Bertz CT molecular complexity index is 1250. The molecule has 0 aromatic heterocycles. The topological polar surface area (TPSA) is 35.9 Å². The molecule has 5 rings (SSSR count). The summed E-state index contributed by atoms with van der Waals surface area (Å²) in [7, 11) is 0. The highest BCUT2D eigenvalue weighted by Gasteiger charge is 2.36. The summed E-state index contributed by atoms with van der Waals surface area (Å²) in [4.78, 5) is 15.8. The van der Waals surface area contributed by atoms with Crippen molar-refractivity contribution in [3.05, 3.63) is 106 Å². The molecule has 3 aromatic rings. The first kappa shape index (κ1) is 24.4. The number of aryl methyl sites for hydroxylation is 2. The van der Waals surface area contributed by atoms with E-state index in [0.717, 1.165) is 49.2 Å². The molecule has 0 radical (unpaired) electrons. The molecule has 0 N–H and O–H groups in total. The van der Waals surface area contributed by atoms with Crippen LogP contribution in [-0.4, -0.2) is 41.2 Å². The van der Waals surface area contributed by atoms with E-state index in [-0.39, 0.29) is 11.7 Å². The predicted molar refractivity (Wildman–Crippen MR) is 142 cm³/mol. The highest BCUT2D eigenvalue weighted by molar-refractivity contribution is 6.04. The van der Waals surface area contributed by atoms with Crippen LogP contribution in [0.15, 0.2) is 77.9 Å². The molecule has 4 nitrogen and oxygen atoms in total. The van der Waals surface area contributed by atoms with Gasteiger partial charge in [0.25, 0.3) is 5.91 Å². The molecular weight excluding hydrogens is 449 g/mol. The maximum Gasteiger partial charge on any atom is 0.257 e. The quantitative estimate of drug-likeness (QED) is 0.426. The zero-order chi connectivity index (χ0) is 25.1. The molecule has 0 bridgehead atoms. The third-order valence-corrected chi connectivity index (χ3v) is 7.56. The molecule has 0 unspecified atom stereocenters. The first-order valence-corrected chi connectivity index (χ1v) is 13.0. The van der Waals surface area contributed by atoms with Crippen molar-refractivity contribution in [3.63, 3.8) is 0 Å². The standard InChI is InChI=1S/C31H34FN3O/c1-22-12-13-26(23(2)18-22)29-20-30(27-10-6-7-11-28(27)32)35(33-29)31(36)21-34-16-14-25(15-17-34)19-24-8-4-3-5-9-24/h3-13,18,25,30H,14-17,19-21H2,1-2H3/t30-/m0/s1. The number of halogens is 1. The van der Waals surface area contributed by atoms with Gasteiger partial charge in [0.2, 0.25) is 0 Å². The summed E-state index contributed by atoms with van der Waals surface area (Å²) in [6.45, 7) is 6.23. The van der Waals surface area contributed by atoms with E-state index in [0.29, 0.717) is 24.4 Å². The number of carbonyl (C=O) groups is 1. The fourth-order valence-corrected chi connectivity index (χ4v) is 5.59. The Morgan fingerprint density at radius 1 is 0.972 bits per heavy atom. The first-order valence-electron chi connectivity index (χ1n) is 13.0. The lowest BCUT2D eigenvalue weighted by Crippen LogP contribution is -2.42. The average molecular weight is 484 g/mol. The monoisotopic (exact) mass is 483 g/mol. The maximum atomic E-state index is 14.8. The molecule has 0 spiro atoms. The minimum atomic E-state index is -0.426. The molecule has 1 atom stereocenters. The van der Waals surface area contributed by atoms with Crippen LogP contribution < -0.4 is 0 Å². The summed E-state index contributed by atoms with van der Waals surface area (Å²) < 4.78 is 14.8. The Hall–Kier alpha value is -3.31. The Balaban J connectivity index is 1.30. The van der Waals surface area contributed by atoms with Gasteiger partial charge in [0, 0.05) is 17.5 Å². The number of amides is 1. The number of nitrogens with zero attached hydrogens (tertiary/aromatic N) is 3. The van der Waals surface area contributed by atoms with Crippen LogP contribution in [0.5, 0.6) is 0 Å². The fraction of sp³-hybridized carbons (Fsp3) is 0.355. The molecule has 5 heteroatoms. The molecule has 2 aliphatic heterocycles. The lowest BCUT2D eigenvalue weighted by Gasteiger charge is -2.33. The molecule has 2 heterocycles. The van der Waals surface area contributed by atoms with Crippen molar-refractivity contribution in [2.24, 2.45) is 11.0 Å². The summed E-state index contributed by atoms with van der Waals surface area (Å²) in [6, 6.07) is 23.2. The second-order valence-corrected chi connectivity index (χ2v) is 10.3. The summed E-state index contributed by atoms with van der Waals surface area (Å²) in [6.07, 6.45) is 3.76. The van der Waals surface area contributed by atoms with Crippen LogP contribution in [-0.2, 0) is 11.2 Å². The van der Waals surface area contributed by atoms with E-state index in [1.165, 1.54) is 17.2 Å². The van der Waals surface area contributed by atoms with Crippen molar-refractivity contribution in [1.29, 1.82) is 0 Å². The lowest BCUT2D eigenvalue weighted by molar-refractivity contribution is -0.134. The van der Waals surface area contributed by atoms with E-state index in [1.54, 1.807) is 17.1 Å². The first-order chi connectivity index (χ1) is 17.5. The number of hydrogen-bond acceptors (Lipinski definition) is 3. The summed E-state index contributed by atoms with van der Waals surface area (Å²) in [5, 5.41) is 6.34. The highest BCUT2D eigenvalue weighted by Crippen LogP contribution is 2.35. The van der Waals surface area contributed by atoms with Gasteiger partial charge in [-0.3, -0.25) is 9.69 Å². The number of likely N-dealkylation sites (tertiary alicyclic amines) is 1. The second-order valence-electron chi connectivity index (χ2n) is 10.3. The zero-order valence-corrected chi connectivity index (χ0v) is 21.2. The molecule has 0 aliphatic carbocycles. The van der Waals surface area contributed by atoms with Gasteiger partial charge in [-0.15, -0.1) is 0 Å². The van der Waals surface area contributed by atoms with Crippen LogP contribution >= 0.6 is 0 Å². The molecular formula is C31H34FN3O. The number of hydrazone groups is 1. The molecule has 1 saturated heterocycles. The summed E-state index contributed by atoms with van der Waals surface area (Å²) in [5.41, 5.74) is 6.08. The third kappa shape index (κ3) is 5.41. The number of rotatable bonds is 6. The van der Waals surface area contributed by atoms with Gasteiger partial charge in [-0.25, -0.2) is 9.40 Å². The SMILES string of the molecule is Cc1ccc(C2=NN(C(=O)CN3CCC(Cc4ccccc4)CC3)[C@H](c3ccccc3F)C2)c(C)c1. The molecule has 3 aromatic carbocycles. The van der Waals surface area contributed by atoms with Crippen LogP contribution in [0.3, 0.4) is 0 Å². The minimum Gasteiger partial charge on any atom is -0.294 e. The third-order valence-electron chi connectivity index (χ3n) is 7.56. The summed E-state index contributed by atoms with van der Waals surface area (Å²) in [5.74, 6) is 0.287. The lowest BCUT2D eigenvalue weighted by atomic mass is 9.90. The molecule has 1 fully saturated rings. The van der Waals surface area contributed by atoms with Crippen molar-refractivity contribution < 1.29 is 9.18 Å². The van der Waals surface area contributed by atoms with Crippen LogP contribution in [0.25, 0.3) is 0 Å². The van der Waals surface area contributed by atoms with Gasteiger partial charge in [0.15, 0.2) is 0 Å². The van der Waals surface area contributed by atoms with Gasteiger partial charge >= 0.3 is 0 Å². The van der Waals surface area contributed by atoms with Gasteiger partial charge in [-0.05, 0) is 69.3 Å². The average Bonchev–Trinajstić information content (AvgIpc) is 3.31. The zero-order valence-electron chi connectivity index (χ0n) is 21.2. The summed E-state index contributed by atoms with van der Waals surface area (Å²) >= 11 is 0. The number of benzene rings is 3. The van der Waals surface area contributed by atoms with Crippen molar-refractivity contribution >= 4 is 11.6 Å². The van der Waals surface area contributed by atoms with E-state index >= 15 is 0 Å². The van der Waals surface area contributed by atoms with E-state index in [1.807, 2.05) is 6.07 Å². The Morgan fingerprint density at radius 2 is 1.69 bits per heavy atom. The molecule has 186 valence electrons. The van der Waals surface area contributed by atoms with Crippen molar-refractivity contribution in [1.82, 2.24) is 9.91 Å². The van der Waals surface area contributed by atoms with Gasteiger partial charge in [-0.1, -0.05) is 72.3 Å². The largest absolute Gasteiger partial charge is 0.294 e. The van der Waals surface area contributed by atoms with Crippen LogP contribution in [0.2, 0.25) is 0 Å². The molecule has 36 heavy (non-hydrogen) atoms. The van der Waals surface area contributed by atoms with Crippen LogP contribution in [0, 0.1) is 25.6 Å². The minimum absolute atomic E-state index is 0.0653. The number of hydrogen-bond donors (Lipinski definition) is 0. The fourth-order valence-electron chi connectivity index (χ4n) is 5.59. The smallest absolute Gasteiger partial charge is 0.257 e. The van der Waals surface area contributed by atoms with Gasteiger partial charge < -0.3 is 0 Å². The van der Waals surface area contributed by atoms with Crippen molar-refractivity contribution in [3.8, 4) is 0 Å². The van der Waals surface area contributed by atoms with Gasteiger partial charge in [-0.2, -0.15) is 5.10 Å². The van der Waals surface area contributed by atoms with Gasteiger partial charge in [0.05, 0.1) is 18.3 Å². The van der Waals surface area contributed by atoms with E-state index in [2.05, 4.69) is 67.3 Å². The van der Waals surface area contributed by atoms with E-state index < -0.39 is 6.04 Å². The van der Waals surface area contributed by atoms with Crippen LogP contribution in [0.4, 0.5) is 4.39 Å². The second kappa shape index (κ2) is 10.8. The Labute approximate surface area is 213 Å². The molecule has 1 amide bonds. The number of carbonyl (C=O) groups excluding carboxylic acids is 1.